The van der Waals surface area contributed by atoms with Crippen molar-refractivity contribution >= 4 is 28.0 Å². The van der Waals surface area contributed by atoms with Crippen molar-refractivity contribution < 1.29 is 4.42 Å². The number of rotatable bonds is 3. The van der Waals surface area contributed by atoms with E-state index in [1.54, 1.807) is 17.6 Å². The third kappa shape index (κ3) is 2.19. The summed E-state index contributed by atoms with van der Waals surface area (Å²) in [7, 11) is 0. The zero-order chi connectivity index (χ0) is 15.9. The van der Waals surface area contributed by atoms with E-state index in [1.165, 1.54) is 0 Å². The Hall–Kier alpha value is -2.99. The molecule has 24 heavy (non-hydrogen) atoms. The smallest absolute Gasteiger partial charge is 0.177 e. The third-order valence-corrected chi connectivity index (χ3v) is 4.87. The quantitative estimate of drug-likeness (QED) is 0.497. The molecular weight excluding hydrogens is 320 g/mol. The summed E-state index contributed by atoms with van der Waals surface area (Å²) in [5.41, 5.74) is 3.74. The van der Waals surface area contributed by atoms with Crippen LogP contribution < -0.4 is 0 Å². The van der Waals surface area contributed by atoms with E-state index in [1.807, 2.05) is 34.8 Å². The number of furan rings is 1. The number of hydrogen-bond donors (Lipinski definition) is 0. The Morgan fingerprint density at radius 3 is 2.96 bits per heavy atom. The lowest BCUT2D eigenvalue weighted by atomic mass is 10.1. The summed E-state index contributed by atoms with van der Waals surface area (Å²) in [5, 5.41) is 16.4. The molecule has 6 heteroatoms. The van der Waals surface area contributed by atoms with Crippen LogP contribution in [0.5, 0.6) is 0 Å². The molecule has 5 nitrogen and oxygen atoms in total. The number of thiophene rings is 1. The SMILES string of the molecule is c1csc(-c2ccc3nnc(Cc4ccc5occc5c4)n3n2)c1. The monoisotopic (exact) mass is 332 g/mol. The summed E-state index contributed by atoms with van der Waals surface area (Å²) < 4.78 is 7.22. The Bertz CT molecular complexity index is 1140. The molecule has 0 aliphatic carbocycles. The van der Waals surface area contributed by atoms with Crippen LogP contribution in [-0.4, -0.2) is 19.8 Å². The first-order valence-corrected chi connectivity index (χ1v) is 8.46. The van der Waals surface area contributed by atoms with E-state index in [9.17, 15) is 0 Å². The number of nitrogens with zero attached hydrogens (tertiary/aromatic N) is 4. The van der Waals surface area contributed by atoms with Crippen molar-refractivity contribution in [3.8, 4) is 10.6 Å². The van der Waals surface area contributed by atoms with Crippen molar-refractivity contribution in [2.75, 3.05) is 0 Å². The molecule has 0 bridgehead atoms. The highest BCUT2D eigenvalue weighted by Crippen LogP contribution is 2.23. The molecule has 0 radical (unpaired) electrons. The molecule has 4 heterocycles. The molecule has 0 unspecified atom stereocenters. The van der Waals surface area contributed by atoms with Crippen LogP contribution in [0, 0.1) is 0 Å². The second kappa shape index (κ2) is 5.28. The van der Waals surface area contributed by atoms with E-state index in [4.69, 9.17) is 9.52 Å². The lowest BCUT2D eigenvalue weighted by Crippen LogP contribution is -2.01. The summed E-state index contributed by atoms with van der Waals surface area (Å²) in [5.74, 6) is 0.825. The van der Waals surface area contributed by atoms with Gasteiger partial charge in [0.15, 0.2) is 11.5 Å². The Morgan fingerprint density at radius 1 is 1.04 bits per heavy atom. The molecule has 0 N–H and O–H groups in total. The van der Waals surface area contributed by atoms with Gasteiger partial charge in [-0.2, -0.15) is 9.61 Å². The van der Waals surface area contributed by atoms with Crippen LogP contribution in [0.3, 0.4) is 0 Å². The van der Waals surface area contributed by atoms with E-state index in [0.29, 0.717) is 6.42 Å². The fourth-order valence-electron chi connectivity index (χ4n) is 2.81. The highest BCUT2D eigenvalue weighted by molar-refractivity contribution is 7.13. The number of hydrogen-bond acceptors (Lipinski definition) is 5. The average molecular weight is 332 g/mol. The van der Waals surface area contributed by atoms with Gasteiger partial charge in [0.25, 0.3) is 0 Å². The maximum atomic E-state index is 5.39. The van der Waals surface area contributed by atoms with Crippen molar-refractivity contribution in [2.24, 2.45) is 0 Å². The molecule has 116 valence electrons. The highest BCUT2D eigenvalue weighted by atomic mass is 32.1. The Balaban J connectivity index is 1.57. The van der Waals surface area contributed by atoms with E-state index in [0.717, 1.165) is 38.6 Å². The van der Waals surface area contributed by atoms with Gasteiger partial charge < -0.3 is 4.42 Å². The first kappa shape index (κ1) is 13.4. The molecule has 0 aliphatic rings. The normalized spacial score (nSPS) is 11.5. The molecule has 4 aromatic heterocycles. The summed E-state index contributed by atoms with van der Waals surface area (Å²) >= 11 is 1.67. The van der Waals surface area contributed by atoms with Crippen LogP contribution in [0.1, 0.15) is 11.4 Å². The van der Waals surface area contributed by atoms with E-state index >= 15 is 0 Å². The van der Waals surface area contributed by atoms with Crippen molar-refractivity contribution in [1.29, 1.82) is 0 Å². The predicted octanol–water partition coefficient (Wildman–Crippen LogP) is 4.19. The van der Waals surface area contributed by atoms with Gasteiger partial charge in [0.05, 0.1) is 11.1 Å². The summed E-state index contributed by atoms with van der Waals surface area (Å²) in [6.45, 7) is 0. The van der Waals surface area contributed by atoms with Gasteiger partial charge in [0.2, 0.25) is 0 Å². The predicted molar refractivity (Wildman–Crippen MR) is 93.1 cm³/mol. The minimum atomic E-state index is 0.670. The largest absolute Gasteiger partial charge is 0.464 e. The highest BCUT2D eigenvalue weighted by Gasteiger charge is 2.10. The van der Waals surface area contributed by atoms with Gasteiger partial charge >= 0.3 is 0 Å². The molecule has 0 saturated heterocycles. The van der Waals surface area contributed by atoms with Crippen LogP contribution in [0.15, 0.2) is 64.6 Å². The summed E-state index contributed by atoms with van der Waals surface area (Å²) in [6.07, 6.45) is 2.37. The van der Waals surface area contributed by atoms with E-state index < -0.39 is 0 Å². The first-order valence-electron chi connectivity index (χ1n) is 7.58. The van der Waals surface area contributed by atoms with Gasteiger partial charge in [-0.25, -0.2) is 0 Å². The zero-order valence-electron chi connectivity index (χ0n) is 12.6. The van der Waals surface area contributed by atoms with Crippen molar-refractivity contribution in [3.05, 3.63) is 71.6 Å². The lowest BCUT2D eigenvalue weighted by Gasteiger charge is -2.02. The number of aromatic nitrogens is 4. The molecule has 0 spiro atoms. The van der Waals surface area contributed by atoms with Crippen molar-refractivity contribution in [2.45, 2.75) is 6.42 Å². The molecule has 0 saturated carbocycles. The van der Waals surface area contributed by atoms with Crippen LogP contribution in [-0.2, 0) is 6.42 Å². The van der Waals surface area contributed by atoms with Gasteiger partial charge in [0, 0.05) is 11.8 Å². The summed E-state index contributed by atoms with van der Waals surface area (Å²) in [6, 6.07) is 16.1. The molecule has 5 aromatic rings. The van der Waals surface area contributed by atoms with Gasteiger partial charge in [-0.05, 0) is 47.3 Å². The fraction of sp³-hybridized carbons (Fsp3) is 0.0556. The van der Waals surface area contributed by atoms with Crippen LogP contribution in [0.25, 0.3) is 27.2 Å². The minimum Gasteiger partial charge on any atom is -0.464 e. The van der Waals surface area contributed by atoms with Gasteiger partial charge in [-0.15, -0.1) is 21.5 Å². The maximum Gasteiger partial charge on any atom is 0.177 e. The molecule has 1 aromatic carbocycles. The topological polar surface area (TPSA) is 56.2 Å². The Morgan fingerprint density at radius 2 is 2.04 bits per heavy atom. The molecular formula is C18H12N4OS. The lowest BCUT2D eigenvalue weighted by molar-refractivity contribution is 0.616. The maximum absolute atomic E-state index is 5.39. The average Bonchev–Trinajstić information content (AvgIpc) is 3.35. The molecule has 0 aliphatic heterocycles. The van der Waals surface area contributed by atoms with E-state index in [2.05, 4.69) is 33.8 Å². The van der Waals surface area contributed by atoms with Crippen molar-refractivity contribution in [1.82, 2.24) is 19.8 Å². The van der Waals surface area contributed by atoms with E-state index in [-0.39, 0.29) is 0 Å². The van der Waals surface area contributed by atoms with Crippen LogP contribution >= 0.6 is 11.3 Å². The van der Waals surface area contributed by atoms with Crippen LogP contribution in [0.2, 0.25) is 0 Å². The standard InChI is InChI=1S/C18H12N4OS/c1-2-16(24-9-1)14-4-6-17-19-20-18(22(17)21-14)11-12-3-5-15-13(10-12)7-8-23-15/h1-10H,11H2. The molecule has 0 amide bonds. The summed E-state index contributed by atoms with van der Waals surface area (Å²) in [4.78, 5) is 1.14. The molecule has 5 rings (SSSR count). The van der Waals surface area contributed by atoms with Crippen molar-refractivity contribution in [3.63, 3.8) is 0 Å². The second-order valence-electron chi connectivity index (χ2n) is 5.55. The molecule has 0 fully saturated rings. The first-order chi connectivity index (χ1) is 11.9. The fourth-order valence-corrected chi connectivity index (χ4v) is 3.50. The Labute approximate surface area is 141 Å². The van der Waals surface area contributed by atoms with Gasteiger partial charge in [-0.1, -0.05) is 12.1 Å². The Kier molecular flexibility index (Phi) is 2.96. The third-order valence-electron chi connectivity index (χ3n) is 3.98. The zero-order valence-corrected chi connectivity index (χ0v) is 13.4. The number of fused-ring (bicyclic) bond motifs is 2. The number of benzene rings is 1. The second-order valence-corrected chi connectivity index (χ2v) is 6.50. The minimum absolute atomic E-state index is 0.670. The van der Waals surface area contributed by atoms with Gasteiger partial charge in [-0.3, -0.25) is 0 Å². The van der Waals surface area contributed by atoms with Gasteiger partial charge in [0.1, 0.15) is 11.3 Å². The van der Waals surface area contributed by atoms with Crippen LogP contribution in [0.4, 0.5) is 0 Å². The molecule has 0 atom stereocenters.